The number of fused-ring (bicyclic) bond motifs is 1. The number of carbonyl (C=O) groups excluding carboxylic acids is 1. The van der Waals surface area contributed by atoms with Crippen LogP contribution in [0.5, 0.6) is 5.75 Å². The van der Waals surface area contributed by atoms with E-state index in [1.54, 1.807) is 25.4 Å². The Balaban J connectivity index is 1.30. The number of morpholine rings is 1. The minimum Gasteiger partial charge on any atom is -0.493 e. The molecular weight excluding hydrogens is 374 g/mol. The number of furan rings is 1. The highest BCUT2D eigenvalue weighted by atomic mass is 16.5. The molecule has 0 spiro atoms. The Kier molecular flexibility index (Phi) is 5.76. The van der Waals surface area contributed by atoms with Crippen LogP contribution in [0.3, 0.4) is 0 Å². The van der Waals surface area contributed by atoms with Crippen molar-refractivity contribution < 1.29 is 18.7 Å². The van der Waals surface area contributed by atoms with E-state index in [1.807, 2.05) is 18.2 Å². The van der Waals surface area contributed by atoms with Gasteiger partial charge in [0.05, 0.1) is 32.2 Å². The average Bonchev–Trinajstić information content (AvgIpc) is 3.22. The van der Waals surface area contributed by atoms with Gasteiger partial charge >= 0.3 is 0 Å². The number of para-hydroxylation sites is 1. The van der Waals surface area contributed by atoms with E-state index in [-0.39, 0.29) is 11.7 Å². The Bertz CT molecular complexity index is 984. The zero-order valence-electron chi connectivity index (χ0n) is 16.2. The van der Waals surface area contributed by atoms with E-state index in [4.69, 9.17) is 13.9 Å². The number of nitrogens with zero attached hydrogens (tertiary/aromatic N) is 3. The number of rotatable bonds is 7. The molecule has 1 fully saturated rings. The molecule has 0 saturated carbocycles. The fourth-order valence-corrected chi connectivity index (χ4v) is 3.20. The molecule has 0 atom stereocenters. The van der Waals surface area contributed by atoms with Crippen LogP contribution in [0.25, 0.3) is 11.0 Å². The summed E-state index contributed by atoms with van der Waals surface area (Å²) >= 11 is 0. The van der Waals surface area contributed by atoms with Crippen LogP contribution in [0.4, 0.5) is 11.5 Å². The molecule has 4 rings (SSSR count). The van der Waals surface area contributed by atoms with Crippen molar-refractivity contribution in [3.63, 3.8) is 0 Å². The van der Waals surface area contributed by atoms with Crippen molar-refractivity contribution >= 4 is 28.4 Å². The third-order valence-electron chi connectivity index (χ3n) is 4.68. The van der Waals surface area contributed by atoms with Gasteiger partial charge in [-0.15, -0.1) is 5.10 Å². The van der Waals surface area contributed by atoms with E-state index in [1.165, 1.54) is 0 Å². The topological polar surface area (TPSA) is 102 Å². The summed E-state index contributed by atoms with van der Waals surface area (Å²) in [5.74, 6) is 1.23. The molecule has 1 aliphatic heterocycles. The quantitative estimate of drug-likeness (QED) is 0.583. The van der Waals surface area contributed by atoms with Gasteiger partial charge in [0, 0.05) is 37.6 Å². The second-order valence-electron chi connectivity index (χ2n) is 6.57. The zero-order chi connectivity index (χ0) is 20.1. The highest BCUT2D eigenvalue weighted by molar-refractivity contribution is 5.97. The van der Waals surface area contributed by atoms with Gasteiger partial charge < -0.3 is 29.4 Å². The number of nitrogens with one attached hydrogen (secondary N) is 2. The number of methoxy groups -OCH3 is 1. The Morgan fingerprint density at radius 2 is 2.10 bits per heavy atom. The molecule has 0 aliphatic carbocycles. The van der Waals surface area contributed by atoms with Crippen LogP contribution in [0.2, 0.25) is 0 Å². The lowest BCUT2D eigenvalue weighted by atomic mass is 10.2. The van der Waals surface area contributed by atoms with Crippen molar-refractivity contribution in [2.75, 3.05) is 56.7 Å². The van der Waals surface area contributed by atoms with Crippen molar-refractivity contribution in [1.29, 1.82) is 0 Å². The lowest BCUT2D eigenvalue weighted by molar-refractivity contribution is 0.0929. The number of benzene rings is 1. The van der Waals surface area contributed by atoms with Crippen LogP contribution in [0.1, 0.15) is 10.6 Å². The van der Waals surface area contributed by atoms with Gasteiger partial charge in [-0.25, -0.2) is 0 Å². The summed E-state index contributed by atoms with van der Waals surface area (Å²) in [5, 5.41) is 15.0. The molecule has 1 saturated heterocycles. The van der Waals surface area contributed by atoms with Crippen molar-refractivity contribution in [2.45, 2.75) is 0 Å². The maximum Gasteiger partial charge on any atom is 0.287 e. The summed E-state index contributed by atoms with van der Waals surface area (Å²) in [7, 11) is 1.57. The molecule has 2 aromatic heterocycles. The van der Waals surface area contributed by atoms with Crippen LogP contribution in [-0.4, -0.2) is 62.6 Å². The summed E-state index contributed by atoms with van der Waals surface area (Å²) in [6.07, 6.45) is 1.74. The molecule has 3 heterocycles. The molecule has 0 unspecified atom stereocenters. The number of amides is 1. The third kappa shape index (κ3) is 4.40. The predicted molar refractivity (Wildman–Crippen MR) is 109 cm³/mol. The number of ether oxygens (including phenoxy) is 2. The van der Waals surface area contributed by atoms with Crippen molar-refractivity contribution in [3.05, 3.63) is 42.3 Å². The second-order valence-corrected chi connectivity index (χ2v) is 6.57. The normalized spacial score (nSPS) is 14.0. The first-order chi connectivity index (χ1) is 14.2. The molecule has 1 aromatic carbocycles. The first kappa shape index (κ1) is 19.0. The van der Waals surface area contributed by atoms with E-state index in [2.05, 4.69) is 25.7 Å². The van der Waals surface area contributed by atoms with E-state index < -0.39 is 0 Å². The van der Waals surface area contributed by atoms with Crippen molar-refractivity contribution in [3.8, 4) is 5.75 Å². The van der Waals surface area contributed by atoms with E-state index in [0.29, 0.717) is 43.5 Å². The van der Waals surface area contributed by atoms with E-state index in [9.17, 15) is 4.79 Å². The van der Waals surface area contributed by atoms with Gasteiger partial charge in [0.15, 0.2) is 22.9 Å². The summed E-state index contributed by atoms with van der Waals surface area (Å²) in [6.45, 7) is 4.02. The number of hydrogen-bond acceptors (Lipinski definition) is 8. The average molecular weight is 397 g/mol. The Labute approximate surface area is 168 Å². The minimum absolute atomic E-state index is 0.249. The summed E-state index contributed by atoms with van der Waals surface area (Å²) < 4.78 is 16.3. The third-order valence-corrected chi connectivity index (χ3v) is 4.68. The van der Waals surface area contributed by atoms with Gasteiger partial charge in [-0.1, -0.05) is 12.1 Å². The lowest BCUT2D eigenvalue weighted by Crippen LogP contribution is -2.36. The van der Waals surface area contributed by atoms with Crippen LogP contribution >= 0.6 is 0 Å². The molecule has 1 amide bonds. The molecule has 1 aliphatic rings. The number of aromatic nitrogens is 2. The molecule has 9 nitrogen and oxygen atoms in total. The lowest BCUT2D eigenvalue weighted by Gasteiger charge is -2.28. The minimum atomic E-state index is -0.279. The van der Waals surface area contributed by atoms with Gasteiger partial charge in [0.1, 0.15) is 0 Å². The number of anilines is 2. The fourth-order valence-electron chi connectivity index (χ4n) is 3.20. The predicted octanol–water partition coefficient (Wildman–Crippen LogP) is 1.91. The summed E-state index contributed by atoms with van der Waals surface area (Å²) in [4.78, 5) is 14.6. The van der Waals surface area contributed by atoms with Crippen LogP contribution in [0.15, 0.2) is 40.9 Å². The van der Waals surface area contributed by atoms with Crippen LogP contribution in [-0.2, 0) is 4.74 Å². The molecular formula is C20H23N5O4. The van der Waals surface area contributed by atoms with Gasteiger partial charge in [0.2, 0.25) is 0 Å². The van der Waals surface area contributed by atoms with Crippen LogP contribution < -0.4 is 20.3 Å². The molecule has 2 N–H and O–H groups in total. The largest absolute Gasteiger partial charge is 0.493 e. The summed E-state index contributed by atoms with van der Waals surface area (Å²) in [5.41, 5.74) is 1.57. The smallest absolute Gasteiger partial charge is 0.287 e. The highest BCUT2D eigenvalue weighted by Gasteiger charge is 2.15. The van der Waals surface area contributed by atoms with Gasteiger partial charge in [-0.3, -0.25) is 4.79 Å². The highest BCUT2D eigenvalue weighted by Crippen LogP contribution is 2.28. The molecule has 3 aromatic rings. The first-order valence-corrected chi connectivity index (χ1v) is 9.48. The summed E-state index contributed by atoms with van der Waals surface area (Å²) in [6, 6.07) is 9.18. The standard InChI is InChI=1S/C20H23N5O4/c1-27-16-4-2-3-14-11-17(29-19(14)16)20(26)22-6-5-21-18-12-15(13-23-24-18)25-7-9-28-10-8-25/h2-4,11-13H,5-10H2,1H3,(H,21,24)(H,22,26). The van der Waals surface area contributed by atoms with Gasteiger partial charge in [-0.05, 0) is 12.1 Å². The second kappa shape index (κ2) is 8.78. The maximum absolute atomic E-state index is 12.4. The van der Waals surface area contributed by atoms with Crippen LogP contribution in [0, 0.1) is 0 Å². The van der Waals surface area contributed by atoms with Gasteiger partial charge in [-0.2, -0.15) is 5.10 Å². The molecule has 0 bridgehead atoms. The number of carbonyl (C=O) groups is 1. The number of hydrogen-bond donors (Lipinski definition) is 2. The first-order valence-electron chi connectivity index (χ1n) is 9.48. The van der Waals surface area contributed by atoms with E-state index in [0.717, 1.165) is 24.2 Å². The molecule has 152 valence electrons. The Morgan fingerprint density at radius 3 is 2.93 bits per heavy atom. The van der Waals surface area contributed by atoms with Crippen molar-refractivity contribution in [1.82, 2.24) is 15.5 Å². The van der Waals surface area contributed by atoms with E-state index >= 15 is 0 Å². The molecule has 29 heavy (non-hydrogen) atoms. The fraction of sp³-hybridized carbons (Fsp3) is 0.350. The maximum atomic E-state index is 12.4. The molecule has 9 heteroatoms. The molecule has 0 radical (unpaired) electrons. The monoisotopic (exact) mass is 397 g/mol. The zero-order valence-corrected chi connectivity index (χ0v) is 16.2. The SMILES string of the molecule is COc1cccc2cc(C(=O)NCCNc3cc(N4CCOCC4)cnn3)oc12. The Morgan fingerprint density at radius 1 is 1.24 bits per heavy atom. The van der Waals surface area contributed by atoms with Gasteiger partial charge in [0.25, 0.3) is 5.91 Å². The van der Waals surface area contributed by atoms with Crippen molar-refractivity contribution in [2.24, 2.45) is 0 Å². The Hall–Kier alpha value is -3.33.